The first-order valence-electron chi connectivity index (χ1n) is 10.8. The second kappa shape index (κ2) is 9.32. The van der Waals surface area contributed by atoms with Crippen molar-refractivity contribution in [2.24, 2.45) is 0 Å². The minimum atomic E-state index is -4.36. The predicted molar refractivity (Wildman–Crippen MR) is 126 cm³/mol. The number of ether oxygens (including phenoxy) is 1. The van der Waals surface area contributed by atoms with Crippen LogP contribution in [0.3, 0.4) is 0 Å². The molecule has 0 bridgehead atoms. The SMILES string of the molecule is C=C(OC)[C@H]1C(=O)Nc2c(cc(NCc3cnn(Cc4ccc(C(F)(F)F)cc4)c3)nc2C)N1C. The minimum Gasteiger partial charge on any atom is -0.499 e. The van der Waals surface area contributed by atoms with Crippen LogP contribution in [0.4, 0.5) is 30.4 Å². The summed E-state index contributed by atoms with van der Waals surface area (Å²) in [7, 11) is 3.27. The summed E-state index contributed by atoms with van der Waals surface area (Å²) in [6.45, 7) is 6.42. The molecular weight excluding hydrogens is 461 g/mol. The van der Waals surface area contributed by atoms with Crippen molar-refractivity contribution in [3.8, 4) is 0 Å². The number of likely N-dealkylation sites (N-methyl/N-ethyl adjacent to an activating group) is 1. The zero-order valence-corrected chi connectivity index (χ0v) is 19.5. The average Bonchev–Trinajstić information content (AvgIpc) is 3.25. The maximum absolute atomic E-state index is 12.7. The van der Waals surface area contributed by atoms with Crippen LogP contribution < -0.4 is 15.5 Å². The van der Waals surface area contributed by atoms with Gasteiger partial charge in [-0.2, -0.15) is 18.3 Å². The Morgan fingerprint density at radius 3 is 2.63 bits per heavy atom. The number of fused-ring (bicyclic) bond motifs is 1. The fraction of sp³-hybridized carbons (Fsp3) is 0.292. The van der Waals surface area contributed by atoms with Gasteiger partial charge >= 0.3 is 6.18 Å². The van der Waals surface area contributed by atoms with E-state index in [4.69, 9.17) is 4.74 Å². The van der Waals surface area contributed by atoms with Gasteiger partial charge in [-0.1, -0.05) is 18.7 Å². The number of rotatable bonds is 7. The van der Waals surface area contributed by atoms with Gasteiger partial charge in [0.05, 0.1) is 42.5 Å². The number of halogens is 3. The predicted octanol–water partition coefficient (Wildman–Crippen LogP) is 4.18. The number of anilines is 3. The molecule has 0 spiro atoms. The van der Waals surface area contributed by atoms with E-state index in [1.54, 1.807) is 22.8 Å². The molecule has 1 aromatic carbocycles. The van der Waals surface area contributed by atoms with Crippen LogP contribution in [0.15, 0.2) is 55.1 Å². The van der Waals surface area contributed by atoms with E-state index < -0.39 is 17.8 Å². The van der Waals surface area contributed by atoms with Crippen LogP contribution in [-0.2, 0) is 28.8 Å². The van der Waals surface area contributed by atoms with Crippen molar-refractivity contribution < 1.29 is 22.7 Å². The molecule has 1 amide bonds. The highest BCUT2D eigenvalue weighted by Crippen LogP contribution is 2.36. The topological polar surface area (TPSA) is 84.3 Å². The molecule has 1 aliphatic rings. The number of hydrogen-bond acceptors (Lipinski definition) is 6. The molecule has 0 unspecified atom stereocenters. The number of carbonyl (C=O) groups is 1. The van der Waals surface area contributed by atoms with Gasteiger partial charge in [0.2, 0.25) is 0 Å². The van der Waals surface area contributed by atoms with E-state index in [9.17, 15) is 18.0 Å². The van der Waals surface area contributed by atoms with E-state index in [0.29, 0.717) is 41.6 Å². The normalized spacial score (nSPS) is 15.4. The molecule has 184 valence electrons. The lowest BCUT2D eigenvalue weighted by Gasteiger charge is -2.36. The Balaban J connectivity index is 1.44. The lowest BCUT2D eigenvalue weighted by molar-refractivity contribution is -0.137. The van der Waals surface area contributed by atoms with Crippen LogP contribution in [0.1, 0.15) is 22.4 Å². The fourth-order valence-electron chi connectivity index (χ4n) is 3.92. The van der Waals surface area contributed by atoms with Crippen molar-refractivity contribution in [2.45, 2.75) is 32.2 Å². The monoisotopic (exact) mass is 486 g/mol. The minimum absolute atomic E-state index is 0.238. The summed E-state index contributed by atoms with van der Waals surface area (Å²) in [6, 6.07) is 6.20. The Labute approximate surface area is 200 Å². The van der Waals surface area contributed by atoms with Crippen LogP contribution in [-0.4, -0.2) is 40.9 Å². The number of aryl methyl sites for hydroxylation is 1. The number of aromatic nitrogens is 3. The van der Waals surface area contributed by atoms with E-state index in [0.717, 1.165) is 23.4 Å². The van der Waals surface area contributed by atoms with Gasteiger partial charge in [-0.05, 0) is 24.6 Å². The smallest absolute Gasteiger partial charge is 0.416 e. The molecule has 0 radical (unpaired) electrons. The first kappa shape index (κ1) is 24.1. The fourth-order valence-corrected chi connectivity index (χ4v) is 3.92. The molecule has 8 nitrogen and oxygen atoms in total. The summed E-state index contributed by atoms with van der Waals surface area (Å²) in [5.41, 5.74) is 2.98. The Morgan fingerprint density at radius 1 is 1.26 bits per heavy atom. The van der Waals surface area contributed by atoms with E-state index >= 15 is 0 Å². The van der Waals surface area contributed by atoms with Gasteiger partial charge < -0.3 is 20.3 Å². The zero-order valence-electron chi connectivity index (χ0n) is 19.5. The summed E-state index contributed by atoms with van der Waals surface area (Å²) in [5.74, 6) is 0.708. The molecule has 3 aromatic rings. The maximum Gasteiger partial charge on any atom is 0.416 e. The van der Waals surface area contributed by atoms with Crippen LogP contribution in [0.25, 0.3) is 0 Å². The molecule has 35 heavy (non-hydrogen) atoms. The molecule has 11 heteroatoms. The highest BCUT2D eigenvalue weighted by molar-refractivity contribution is 6.05. The zero-order chi connectivity index (χ0) is 25.3. The largest absolute Gasteiger partial charge is 0.499 e. The summed E-state index contributed by atoms with van der Waals surface area (Å²) in [6.07, 6.45) is -0.848. The Hall–Kier alpha value is -4.02. The summed E-state index contributed by atoms with van der Waals surface area (Å²) in [4.78, 5) is 18.8. The van der Waals surface area contributed by atoms with Crippen LogP contribution in [0.5, 0.6) is 0 Å². The van der Waals surface area contributed by atoms with Crippen molar-refractivity contribution >= 4 is 23.1 Å². The third-order valence-corrected chi connectivity index (χ3v) is 5.80. The van der Waals surface area contributed by atoms with Crippen molar-refractivity contribution in [1.82, 2.24) is 14.8 Å². The highest BCUT2D eigenvalue weighted by Gasteiger charge is 2.35. The Bertz CT molecular complexity index is 1250. The number of hydrogen-bond donors (Lipinski definition) is 2. The number of carbonyl (C=O) groups excluding carboxylic acids is 1. The number of alkyl halides is 3. The van der Waals surface area contributed by atoms with Crippen molar-refractivity contribution in [3.63, 3.8) is 0 Å². The summed E-state index contributed by atoms with van der Waals surface area (Å²) in [5, 5.41) is 10.4. The molecule has 3 heterocycles. The standard InChI is InChI=1S/C24H25F3N6O2/c1-14-21-19(32(3)22(15(2)35-4)23(34)31-21)9-20(30-14)28-10-17-11-29-33(13-17)12-16-5-7-18(8-6-16)24(25,26)27/h5-9,11,13,22H,2,10,12H2,1,3-4H3,(H,28,30)(H,31,34)/t22-/m0/s1. The first-order valence-corrected chi connectivity index (χ1v) is 10.8. The molecule has 1 atom stereocenters. The molecule has 0 saturated carbocycles. The quantitative estimate of drug-likeness (QED) is 0.488. The van der Waals surface area contributed by atoms with Crippen LogP contribution in [0.2, 0.25) is 0 Å². The second-order valence-corrected chi connectivity index (χ2v) is 8.25. The van der Waals surface area contributed by atoms with Gasteiger partial charge in [0.25, 0.3) is 5.91 Å². The number of benzene rings is 1. The Morgan fingerprint density at radius 2 is 1.97 bits per heavy atom. The molecule has 2 aromatic heterocycles. The van der Waals surface area contributed by atoms with Gasteiger partial charge in [0.15, 0.2) is 6.04 Å². The molecule has 4 rings (SSSR count). The van der Waals surface area contributed by atoms with Gasteiger partial charge in [-0.3, -0.25) is 9.48 Å². The van der Waals surface area contributed by atoms with E-state index in [1.807, 2.05) is 19.2 Å². The average molecular weight is 486 g/mol. The lowest BCUT2D eigenvalue weighted by atomic mass is 10.1. The number of nitrogens with one attached hydrogen (secondary N) is 2. The Kier molecular flexibility index (Phi) is 6.42. The van der Waals surface area contributed by atoms with Crippen LogP contribution in [0, 0.1) is 6.92 Å². The highest BCUT2D eigenvalue weighted by atomic mass is 19.4. The van der Waals surface area contributed by atoms with E-state index in [2.05, 4.69) is 27.3 Å². The van der Waals surface area contributed by atoms with Gasteiger partial charge in [0, 0.05) is 31.4 Å². The second-order valence-electron chi connectivity index (χ2n) is 8.25. The van der Waals surface area contributed by atoms with Gasteiger partial charge in [0.1, 0.15) is 11.6 Å². The van der Waals surface area contributed by atoms with Crippen molar-refractivity contribution in [3.05, 3.63) is 77.4 Å². The van der Waals surface area contributed by atoms with Crippen molar-refractivity contribution in [1.29, 1.82) is 0 Å². The number of nitrogens with zero attached hydrogens (tertiary/aromatic N) is 4. The summed E-state index contributed by atoms with van der Waals surface area (Å²) >= 11 is 0. The van der Waals surface area contributed by atoms with Crippen LogP contribution >= 0.6 is 0 Å². The first-order chi connectivity index (χ1) is 16.6. The number of pyridine rings is 1. The van der Waals surface area contributed by atoms with E-state index in [1.165, 1.54) is 19.2 Å². The molecule has 0 aliphatic carbocycles. The molecule has 0 saturated heterocycles. The third-order valence-electron chi connectivity index (χ3n) is 5.80. The van der Waals surface area contributed by atoms with E-state index in [-0.39, 0.29) is 5.91 Å². The number of methoxy groups -OCH3 is 1. The summed E-state index contributed by atoms with van der Waals surface area (Å²) < 4.78 is 45.1. The van der Waals surface area contributed by atoms with Gasteiger partial charge in [-0.15, -0.1) is 0 Å². The molecular formula is C24H25F3N6O2. The lowest BCUT2D eigenvalue weighted by Crippen LogP contribution is -2.47. The number of amides is 1. The maximum atomic E-state index is 12.7. The molecule has 0 fully saturated rings. The third kappa shape index (κ3) is 5.08. The van der Waals surface area contributed by atoms with Gasteiger partial charge in [-0.25, -0.2) is 4.98 Å². The molecule has 1 aliphatic heterocycles. The van der Waals surface area contributed by atoms with Crippen molar-refractivity contribution in [2.75, 3.05) is 29.7 Å². The molecule has 2 N–H and O–H groups in total.